The molecule has 1 aromatic rings. The molecular formula is C15H23Cl2FN2O. The van der Waals surface area contributed by atoms with E-state index < -0.39 is 11.2 Å². The zero-order chi connectivity index (χ0) is 14.8. The molecule has 0 aliphatic carbocycles. The van der Waals surface area contributed by atoms with E-state index in [9.17, 15) is 9.50 Å². The fourth-order valence-electron chi connectivity index (χ4n) is 2.87. The zero-order valence-corrected chi connectivity index (χ0v) is 14.0. The fraction of sp³-hybridized carbons (Fsp3) is 0.600. The summed E-state index contributed by atoms with van der Waals surface area (Å²) in [6.45, 7) is 7.51. The molecule has 120 valence electrons. The quantitative estimate of drug-likeness (QED) is 0.887. The van der Waals surface area contributed by atoms with Gasteiger partial charge in [-0.2, -0.15) is 0 Å². The van der Waals surface area contributed by atoms with E-state index in [2.05, 4.69) is 10.2 Å². The Kier molecular flexibility index (Phi) is 6.88. The van der Waals surface area contributed by atoms with Crippen LogP contribution >= 0.6 is 24.0 Å². The standard InChI is InChI=1S/C15H22ClFN2O.ClH/c1-15(2,10-20)14(19-8-6-18-7-9-19)11-4-3-5-12(17)13(11)16;/h3-5,14,18,20H,6-10H2,1-2H3;1H/t14-;/m1./s1. The summed E-state index contributed by atoms with van der Waals surface area (Å²) < 4.78 is 13.8. The van der Waals surface area contributed by atoms with Gasteiger partial charge in [0.05, 0.1) is 5.02 Å². The lowest BCUT2D eigenvalue weighted by molar-refractivity contribution is 0.0304. The van der Waals surface area contributed by atoms with Crippen LogP contribution in [0.25, 0.3) is 0 Å². The van der Waals surface area contributed by atoms with E-state index in [4.69, 9.17) is 11.6 Å². The van der Waals surface area contributed by atoms with Crippen molar-refractivity contribution in [1.82, 2.24) is 10.2 Å². The summed E-state index contributed by atoms with van der Waals surface area (Å²) in [5.41, 5.74) is 0.363. The smallest absolute Gasteiger partial charge is 0.142 e. The van der Waals surface area contributed by atoms with Crippen LogP contribution in [0.1, 0.15) is 25.5 Å². The van der Waals surface area contributed by atoms with Crippen molar-refractivity contribution in [2.75, 3.05) is 32.8 Å². The second-order valence-corrected chi connectivity index (χ2v) is 6.36. The minimum absolute atomic E-state index is 0. The van der Waals surface area contributed by atoms with Gasteiger partial charge in [-0.25, -0.2) is 4.39 Å². The van der Waals surface area contributed by atoms with Crippen molar-refractivity contribution < 1.29 is 9.50 Å². The van der Waals surface area contributed by atoms with Crippen molar-refractivity contribution in [3.8, 4) is 0 Å². The molecule has 3 nitrogen and oxygen atoms in total. The molecule has 0 saturated carbocycles. The van der Waals surface area contributed by atoms with Crippen molar-refractivity contribution in [3.63, 3.8) is 0 Å². The number of nitrogens with one attached hydrogen (secondary N) is 1. The summed E-state index contributed by atoms with van der Waals surface area (Å²) in [5, 5.41) is 13.2. The van der Waals surface area contributed by atoms with Crippen LogP contribution in [0.3, 0.4) is 0 Å². The van der Waals surface area contributed by atoms with E-state index in [1.54, 1.807) is 6.07 Å². The zero-order valence-electron chi connectivity index (χ0n) is 12.4. The van der Waals surface area contributed by atoms with E-state index in [0.29, 0.717) is 0 Å². The summed E-state index contributed by atoms with van der Waals surface area (Å²) in [6, 6.07) is 4.80. The lowest BCUT2D eigenvalue weighted by Crippen LogP contribution is -2.49. The van der Waals surface area contributed by atoms with Crippen LogP contribution in [0, 0.1) is 11.2 Å². The molecule has 1 saturated heterocycles. The Hall–Kier alpha value is -0.390. The van der Waals surface area contributed by atoms with Crippen LogP contribution in [0.4, 0.5) is 4.39 Å². The molecule has 0 unspecified atom stereocenters. The van der Waals surface area contributed by atoms with Gasteiger partial charge in [-0.1, -0.05) is 37.6 Å². The van der Waals surface area contributed by atoms with Gasteiger partial charge < -0.3 is 10.4 Å². The first-order valence-corrected chi connectivity index (χ1v) is 7.34. The molecule has 1 fully saturated rings. The van der Waals surface area contributed by atoms with Crippen LogP contribution in [-0.4, -0.2) is 42.8 Å². The molecule has 1 heterocycles. The maximum Gasteiger partial charge on any atom is 0.142 e. The maximum atomic E-state index is 13.8. The second kappa shape index (κ2) is 7.75. The van der Waals surface area contributed by atoms with E-state index in [1.807, 2.05) is 19.9 Å². The number of piperazine rings is 1. The topological polar surface area (TPSA) is 35.5 Å². The van der Waals surface area contributed by atoms with Gasteiger partial charge in [-0.05, 0) is 11.6 Å². The van der Waals surface area contributed by atoms with Crippen LogP contribution < -0.4 is 5.32 Å². The van der Waals surface area contributed by atoms with Gasteiger partial charge in [0.15, 0.2) is 0 Å². The van der Waals surface area contributed by atoms with Gasteiger partial charge >= 0.3 is 0 Å². The van der Waals surface area contributed by atoms with Crippen molar-refractivity contribution in [3.05, 3.63) is 34.6 Å². The summed E-state index contributed by atoms with van der Waals surface area (Å²) in [5.74, 6) is -0.405. The van der Waals surface area contributed by atoms with Crippen LogP contribution in [0.5, 0.6) is 0 Å². The molecule has 2 rings (SSSR count). The number of benzene rings is 1. The van der Waals surface area contributed by atoms with Gasteiger partial charge in [0.2, 0.25) is 0 Å². The number of hydrogen-bond donors (Lipinski definition) is 2. The number of nitrogens with zero attached hydrogens (tertiary/aromatic N) is 1. The van der Waals surface area contributed by atoms with Crippen molar-refractivity contribution >= 4 is 24.0 Å². The molecule has 2 N–H and O–H groups in total. The second-order valence-electron chi connectivity index (χ2n) is 5.98. The predicted molar refractivity (Wildman–Crippen MR) is 86.7 cm³/mol. The third kappa shape index (κ3) is 4.08. The fourth-order valence-corrected chi connectivity index (χ4v) is 3.10. The molecule has 0 bridgehead atoms. The van der Waals surface area contributed by atoms with E-state index >= 15 is 0 Å². The molecule has 1 aliphatic heterocycles. The third-order valence-corrected chi connectivity index (χ3v) is 4.34. The van der Waals surface area contributed by atoms with Gasteiger partial charge in [0.1, 0.15) is 5.82 Å². The minimum Gasteiger partial charge on any atom is -0.396 e. The predicted octanol–water partition coefficient (Wildman–Crippen LogP) is 2.87. The molecule has 0 aromatic heterocycles. The third-order valence-electron chi connectivity index (χ3n) is 3.94. The van der Waals surface area contributed by atoms with Gasteiger partial charge in [-0.15, -0.1) is 12.4 Å². The average molecular weight is 337 g/mol. The van der Waals surface area contributed by atoms with E-state index in [-0.39, 0.29) is 30.1 Å². The Morgan fingerprint density at radius 3 is 2.57 bits per heavy atom. The molecule has 0 amide bonds. The van der Waals surface area contributed by atoms with Crippen molar-refractivity contribution in [2.24, 2.45) is 5.41 Å². The average Bonchev–Trinajstić information content (AvgIpc) is 2.45. The van der Waals surface area contributed by atoms with Gasteiger partial charge in [-0.3, -0.25) is 4.90 Å². The molecule has 1 aliphatic rings. The molecule has 21 heavy (non-hydrogen) atoms. The largest absolute Gasteiger partial charge is 0.396 e. The number of halogens is 3. The van der Waals surface area contributed by atoms with Gasteiger partial charge in [0.25, 0.3) is 0 Å². The highest BCUT2D eigenvalue weighted by molar-refractivity contribution is 6.31. The first-order chi connectivity index (χ1) is 9.47. The number of aliphatic hydroxyl groups is 1. The highest BCUT2D eigenvalue weighted by Gasteiger charge is 2.37. The first-order valence-electron chi connectivity index (χ1n) is 6.97. The molecule has 0 spiro atoms. The van der Waals surface area contributed by atoms with Crippen molar-refractivity contribution in [2.45, 2.75) is 19.9 Å². The number of hydrogen-bond acceptors (Lipinski definition) is 3. The molecular weight excluding hydrogens is 314 g/mol. The maximum absolute atomic E-state index is 13.8. The Balaban J connectivity index is 0.00000220. The first kappa shape index (κ1) is 18.7. The SMILES string of the molecule is CC(C)(CO)[C@@H](c1cccc(F)c1Cl)N1CCNCC1.Cl. The Labute approximate surface area is 136 Å². The minimum atomic E-state index is -0.405. The van der Waals surface area contributed by atoms with Crippen LogP contribution in [0.2, 0.25) is 5.02 Å². The normalized spacial score (nSPS) is 18.1. The Bertz CT molecular complexity index is 465. The number of rotatable bonds is 4. The van der Waals surface area contributed by atoms with Gasteiger partial charge in [0, 0.05) is 44.2 Å². The lowest BCUT2D eigenvalue weighted by Gasteiger charge is -2.43. The monoisotopic (exact) mass is 336 g/mol. The molecule has 1 atom stereocenters. The summed E-state index contributed by atoms with van der Waals surface area (Å²) in [6.07, 6.45) is 0. The summed E-state index contributed by atoms with van der Waals surface area (Å²) >= 11 is 6.17. The van der Waals surface area contributed by atoms with E-state index in [1.165, 1.54) is 6.07 Å². The molecule has 6 heteroatoms. The highest BCUT2D eigenvalue weighted by Crippen LogP contribution is 2.41. The van der Waals surface area contributed by atoms with Crippen LogP contribution in [0.15, 0.2) is 18.2 Å². The summed E-state index contributed by atoms with van der Waals surface area (Å²) in [4.78, 5) is 2.27. The van der Waals surface area contributed by atoms with Crippen molar-refractivity contribution in [1.29, 1.82) is 0 Å². The van der Waals surface area contributed by atoms with E-state index in [0.717, 1.165) is 31.7 Å². The Morgan fingerprint density at radius 1 is 1.38 bits per heavy atom. The summed E-state index contributed by atoms with van der Waals surface area (Å²) in [7, 11) is 0. The lowest BCUT2D eigenvalue weighted by atomic mass is 9.79. The Morgan fingerprint density at radius 2 is 2.00 bits per heavy atom. The highest BCUT2D eigenvalue weighted by atomic mass is 35.5. The molecule has 0 radical (unpaired) electrons. The number of aliphatic hydroxyl groups excluding tert-OH is 1. The van der Waals surface area contributed by atoms with Crippen LogP contribution in [-0.2, 0) is 0 Å². The molecule has 1 aromatic carbocycles.